The van der Waals surface area contributed by atoms with Crippen LogP contribution in [0.4, 0.5) is 0 Å². The molecular formula is C15H22N2O6S2. The predicted octanol–water partition coefficient (Wildman–Crippen LogP) is 0.905. The largest absolute Gasteiger partial charge is 0.480 e. The quantitative estimate of drug-likeness (QED) is 0.574. The zero-order valence-corrected chi connectivity index (χ0v) is 15.6. The highest BCUT2D eigenvalue weighted by Gasteiger charge is 2.29. The first-order chi connectivity index (χ1) is 11.5. The van der Waals surface area contributed by atoms with E-state index in [1.54, 1.807) is 13.8 Å². The van der Waals surface area contributed by atoms with Crippen molar-refractivity contribution in [3.63, 3.8) is 0 Å². The summed E-state index contributed by atoms with van der Waals surface area (Å²) in [5.74, 6) is -1.27. The van der Waals surface area contributed by atoms with Gasteiger partial charge in [-0.2, -0.15) is 4.72 Å². The van der Waals surface area contributed by atoms with Crippen LogP contribution in [0.2, 0.25) is 0 Å². The highest BCUT2D eigenvalue weighted by atomic mass is 32.2. The third-order valence-corrected chi connectivity index (χ3v) is 6.67. The molecule has 8 nitrogen and oxygen atoms in total. The Kier molecular flexibility index (Phi) is 5.87. The molecule has 1 fully saturated rings. The molecule has 1 atom stereocenters. The van der Waals surface area contributed by atoms with Crippen LogP contribution in [0.15, 0.2) is 34.1 Å². The van der Waals surface area contributed by atoms with E-state index in [1.807, 2.05) is 0 Å². The molecule has 10 heteroatoms. The molecular weight excluding hydrogens is 368 g/mol. The summed E-state index contributed by atoms with van der Waals surface area (Å²) in [7, 11) is -7.74. The molecule has 1 aromatic rings. The Labute approximate surface area is 147 Å². The van der Waals surface area contributed by atoms with Crippen molar-refractivity contribution >= 4 is 26.0 Å². The number of benzene rings is 1. The molecule has 0 saturated heterocycles. The van der Waals surface area contributed by atoms with Gasteiger partial charge in [0, 0.05) is 6.04 Å². The van der Waals surface area contributed by atoms with Gasteiger partial charge in [-0.15, -0.1) is 0 Å². The van der Waals surface area contributed by atoms with E-state index < -0.39 is 32.1 Å². The molecule has 1 unspecified atom stereocenters. The first-order valence-corrected chi connectivity index (χ1v) is 10.9. The van der Waals surface area contributed by atoms with Gasteiger partial charge in [-0.1, -0.05) is 13.8 Å². The van der Waals surface area contributed by atoms with Crippen LogP contribution >= 0.6 is 0 Å². The standard InChI is InChI=1S/C15H22N2O6S2/c1-10(2)9-14(15(18)19)17-25(22,23)13-7-5-12(6-8-13)24(20,21)16-11-3-4-11/h5-8,10-11,14,16-17H,3-4,9H2,1-2H3,(H,18,19). The molecule has 0 heterocycles. The highest BCUT2D eigenvalue weighted by molar-refractivity contribution is 7.90. The number of hydrogen-bond donors (Lipinski definition) is 3. The summed E-state index contributed by atoms with van der Waals surface area (Å²) >= 11 is 0. The van der Waals surface area contributed by atoms with Crippen molar-refractivity contribution < 1.29 is 26.7 Å². The van der Waals surface area contributed by atoms with Gasteiger partial charge < -0.3 is 5.11 Å². The zero-order chi connectivity index (χ0) is 18.8. The van der Waals surface area contributed by atoms with Crippen LogP contribution in [-0.4, -0.2) is 40.0 Å². The molecule has 0 aliphatic heterocycles. The summed E-state index contributed by atoms with van der Waals surface area (Å²) in [5.41, 5.74) is 0. The second kappa shape index (κ2) is 7.40. The number of hydrogen-bond acceptors (Lipinski definition) is 5. The van der Waals surface area contributed by atoms with Crippen molar-refractivity contribution in [1.29, 1.82) is 0 Å². The molecule has 25 heavy (non-hydrogen) atoms. The van der Waals surface area contributed by atoms with E-state index in [9.17, 15) is 21.6 Å². The van der Waals surface area contributed by atoms with E-state index in [-0.39, 0.29) is 28.2 Å². The second-order valence-corrected chi connectivity index (χ2v) is 9.94. The Morgan fingerprint density at radius 1 is 1.08 bits per heavy atom. The van der Waals surface area contributed by atoms with Crippen LogP contribution in [0.3, 0.4) is 0 Å². The minimum atomic E-state index is -4.07. The lowest BCUT2D eigenvalue weighted by atomic mass is 10.1. The third kappa shape index (κ3) is 5.50. The van der Waals surface area contributed by atoms with Crippen LogP contribution in [0.25, 0.3) is 0 Å². The number of sulfonamides is 2. The van der Waals surface area contributed by atoms with Crippen LogP contribution in [0.1, 0.15) is 33.1 Å². The molecule has 0 amide bonds. The van der Waals surface area contributed by atoms with Crippen molar-refractivity contribution in [3.05, 3.63) is 24.3 Å². The van der Waals surface area contributed by atoms with Crippen LogP contribution in [0, 0.1) is 5.92 Å². The normalized spacial score (nSPS) is 16.8. The summed E-state index contributed by atoms with van der Waals surface area (Å²) in [6, 6.07) is 3.39. The molecule has 0 radical (unpaired) electrons. The Bertz CT molecular complexity index is 827. The lowest BCUT2D eigenvalue weighted by Gasteiger charge is -2.16. The molecule has 0 aromatic heterocycles. The topological polar surface area (TPSA) is 130 Å². The van der Waals surface area contributed by atoms with E-state index in [0.717, 1.165) is 25.0 Å². The molecule has 0 bridgehead atoms. The van der Waals surface area contributed by atoms with Crippen molar-refractivity contribution in [2.24, 2.45) is 5.92 Å². The van der Waals surface area contributed by atoms with Gasteiger partial charge in [0.15, 0.2) is 0 Å². The van der Waals surface area contributed by atoms with E-state index in [2.05, 4.69) is 9.44 Å². The Balaban J connectivity index is 2.17. The van der Waals surface area contributed by atoms with Gasteiger partial charge in [0.1, 0.15) is 6.04 Å². The van der Waals surface area contributed by atoms with Gasteiger partial charge >= 0.3 is 5.97 Å². The van der Waals surface area contributed by atoms with Gasteiger partial charge in [0.25, 0.3) is 0 Å². The summed E-state index contributed by atoms with van der Waals surface area (Å²) in [6.07, 6.45) is 1.73. The van der Waals surface area contributed by atoms with Crippen LogP contribution in [-0.2, 0) is 24.8 Å². The van der Waals surface area contributed by atoms with Gasteiger partial charge in [-0.25, -0.2) is 21.6 Å². The predicted molar refractivity (Wildman–Crippen MR) is 91.0 cm³/mol. The van der Waals surface area contributed by atoms with E-state index in [0.29, 0.717) is 0 Å². The number of rotatable bonds is 9. The molecule has 1 aliphatic carbocycles. The maximum absolute atomic E-state index is 12.3. The highest BCUT2D eigenvalue weighted by Crippen LogP contribution is 2.23. The molecule has 2 rings (SSSR count). The average molecular weight is 390 g/mol. The minimum Gasteiger partial charge on any atom is -0.480 e. The van der Waals surface area contributed by atoms with Crippen molar-refractivity contribution in [2.75, 3.05) is 0 Å². The molecule has 140 valence electrons. The fourth-order valence-corrected chi connectivity index (χ4v) is 4.72. The van der Waals surface area contributed by atoms with Crippen molar-refractivity contribution in [2.45, 2.75) is 55.0 Å². The first-order valence-electron chi connectivity index (χ1n) is 7.89. The van der Waals surface area contributed by atoms with Gasteiger partial charge in [0.2, 0.25) is 20.0 Å². The number of carbonyl (C=O) groups is 1. The van der Waals surface area contributed by atoms with E-state index in [1.165, 1.54) is 12.1 Å². The number of aliphatic carboxylic acids is 1. The van der Waals surface area contributed by atoms with E-state index >= 15 is 0 Å². The molecule has 3 N–H and O–H groups in total. The van der Waals surface area contributed by atoms with Crippen LogP contribution < -0.4 is 9.44 Å². The second-order valence-electron chi connectivity index (χ2n) is 6.51. The summed E-state index contributed by atoms with van der Waals surface area (Å²) in [4.78, 5) is 11.0. The van der Waals surface area contributed by atoms with Gasteiger partial charge in [-0.3, -0.25) is 4.79 Å². The molecule has 1 saturated carbocycles. The van der Waals surface area contributed by atoms with E-state index in [4.69, 9.17) is 5.11 Å². The maximum Gasteiger partial charge on any atom is 0.321 e. The average Bonchev–Trinajstić information content (AvgIpc) is 3.29. The fourth-order valence-electron chi connectivity index (χ4n) is 2.21. The number of carboxylic acid groups (broad SMARTS) is 1. The van der Waals surface area contributed by atoms with Gasteiger partial charge in [-0.05, 0) is 49.4 Å². The summed E-state index contributed by atoms with van der Waals surface area (Å²) < 4.78 is 53.5. The lowest BCUT2D eigenvalue weighted by Crippen LogP contribution is -2.41. The Morgan fingerprint density at radius 3 is 1.96 bits per heavy atom. The minimum absolute atomic E-state index is 0.00943. The van der Waals surface area contributed by atoms with Crippen LogP contribution in [0.5, 0.6) is 0 Å². The SMILES string of the molecule is CC(C)CC(NS(=O)(=O)c1ccc(S(=O)(=O)NC2CC2)cc1)C(=O)O. The fraction of sp³-hybridized carbons (Fsp3) is 0.533. The maximum atomic E-state index is 12.3. The zero-order valence-electron chi connectivity index (χ0n) is 14.0. The third-order valence-electron chi connectivity index (χ3n) is 3.65. The molecule has 1 aliphatic rings. The van der Waals surface area contributed by atoms with Gasteiger partial charge in [0.05, 0.1) is 9.79 Å². The summed E-state index contributed by atoms with van der Waals surface area (Å²) in [6.45, 7) is 3.58. The smallest absolute Gasteiger partial charge is 0.321 e. The Morgan fingerprint density at radius 2 is 1.56 bits per heavy atom. The molecule has 0 spiro atoms. The lowest BCUT2D eigenvalue weighted by molar-refractivity contribution is -0.139. The van der Waals surface area contributed by atoms with Crippen molar-refractivity contribution in [3.8, 4) is 0 Å². The Hall–Kier alpha value is -1.49. The molecule has 1 aromatic carbocycles. The first kappa shape index (κ1) is 19.8. The van der Waals surface area contributed by atoms with Crippen molar-refractivity contribution in [1.82, 2.24) is 9.44 Å². The monoisotopic (exact) mass is 390 g/mol. The number of nitrogens with one attached hydrogen (secondary N) is 2. The number of carboxylic acids is 1. The summed E-state index contributed by atoms with van der Waals surface area (Å²) in [5, 5.41) is 9.16.